The SMILES string of the molecule is O=C(CN(c1ccc(Cl)cc1)S(=O)(=O)c1ccccc1)Nc1ccc(S(=O)(=O)Nc2ccc(F)cc2)cc1. The van der Waals surface area contributed by atoms with Gasteiger partial charge in [0.05, 0.1) is 15.5 Å². The number of halogens is 2. The Hall–Kier alpha value is -3.93. The van der Waals surface area contributed by atoms with Crippen molar-refractivity contribution in [3.05, 3.63) is 114 Å². The molecule has 0 aliphatic carbocycles. The molecule has 4 rings (SSSR count). The second kappa shape index (κ2) is 11.2. The highest BCUT2D eigenvalue weighted by Crippen LogP contribution is 2.25. The molecule has 0 aliphatic rings. The van der Waals surface area contributed by atoms with Crippen LogP contribution in [0.4, 0.5) is 21.5 Å². The molecule has 4 aromatic carbocycles. The molecule has 0 heterocycles. The van der Waals surface area contributed by atoms with Crippen molar-refractivity contribution in [3.63, 3.8) is 0 Å². The third-order valence-corrected chi connectivity index (χ3v) is 8.72. The average molecular weight is 574 g/mol. The number of nitrogens with one attached hydrogen (secondary N) is 2. The van der Waals surface area contributed by atoms with Gasteiger partial charge in [-0.25, -0.2) is 21.2 Å². The first-order valence-corrected chi connectivity index (χ1v) is 14.4. The van der Waals surface area contributed by atoms with Crippen LogP contribution in [-0.4, -0.2) is 29.3 Å². The fourth-order valence-corrected chi connectivity index (χ4v) is 6.05. The molecule has 8 nitrogen and oxygen atoms in total. The lowest BCUT2D eigenvalue weighted by Gasteiger charge is -2.24. The van der Waals surface area contributed by atoms with Crippen LogP contribution in [0.2, 0.25) is 5.02 Å². The van der Waals surface area contributed by atoms with E-state index in [4.69, 9.17) is 11.6 Å². The molecule has 0 unspecified atom stereocenters. The molecule has 0 atom stereocenters. The summed E-state index contributed by atoms with van der Waals surface area (Å²) in [6.07, 6.45) is 0. The molecule has 0 aromatic heterocycles. The number of hydrogen-bond donors (Lipinski definition) is 2. The first-order valence-electron chi connectivity index (χ1n) is 11.1. The Morgan fingerprint density at radius 1 is 0.737 bits per heavy atom. The van der Waals surface area contributed by atoms with Crippen LogP contribution in [0.1, 0.15) is 0 Å². The van der Waals surface area contributed by atoms with Gasteiger partial charge in [0.2, 0.25) is 5.91 Å². The normalized spacial score (nSPS) is 11.5. The Morgan fingerprint density at radius 2 is 1.32 bits per heavy atom. The smallest absolute Gasteiger partial charge is 0.264 e. The van der Waals surface area contributed by atoms with Crippen molar-refractivity contribution in [1.82, 2.24) is 0 Å². The van der Waals surface area contributed by atoms with Crippen molar-refractivity contribution >= 4 is 54.6 Å². The topological polar surface area (TPSA) is 113 Å². The Bertz CT molecular complexity index is 1630. The summed E-state index contributed by atoms with van der Waals surface area (Å²) in [5, 5.41) is 2.99. The third kappa shape index (κ3) is 6.49. The van der Waals surface area contributed by atoms with Crippen LogP contribution in [0.5, 0.6) is 0 Å². The van der Waals surface area contributed by atoms with Gasteiger partial charge in [0, 0.05) is 16.4 Å². The van der Waals surface area contributed by atoms with Crippen molar-refractivity contribution in [2.45, 2.75) is 9.79 Å². The van der Waals surface area contributed by atoms with E-state index in [1.807, 2.05) is 0 Å². The summed E-state index contributed by atoms with van der Waals surface area (Å²) in [5.41, 5.74) is 0.677. The molecule has 0 aliphatic heterocycles. The van der Waals surface area contributed by atoms with Gasteiger partial charge in [-0.1, -0.05) is 29.8 Å². The molecule has 196 valence electrons. The number of carbonyl (C=O) groups is 1. The van der Waals surface area contributed by atoms with E-state index in [9.17, 15) is 26.0 Å². The van der Waals surface area contributed by atoms with E-state index in [2.05, 4.69) is 10.0 Å². The van der Waals surface area contributed by atoms with E-state index in [1.165, 1.54) is 72.8 Å². The minimum atomic E-state index is -4.09. The summed E-state index contributed by atoms with van der Waals surface area (Å²) in [7, 11) is -8.06. The van der Waals surface area contributed by atoms with E-state index in [0.717, 1.165) is 16.4 Å². The average Bonchev–Trinajstić information content (AvgIpc) is 2.90. The molecule has 38 heavy (non-hydrogen) atoms. The number of amides is 1. The Labute approximate surface area is 224 Å². The van der Waals surface area contributed by atoms with Gasteiger partial charge in [-0.05, 0) is 84.9 Å². The summed E-state index contributed by atoms with van der Waals surface area (Å²) in [6.45, 7) is -0.551. The summed E-state index contributed by atoms with van der Waals surface area (Å²) >= 11 is 5.95. The Kier molecular flexibility index (Phi) is 8.00. The van der Waals surface area contributed by atoms with E-state index in [1.54, 1.807) is 18.2 Å². The van der Waals surface area contributed by atoms with Crippen molar-refractivity contribution in [2.75, 3.05) is 20.9 Å². The Balaban J connectivity index is 1.51. The molecular formula is C26H21ClFN3O5S2. The van der Waals surface area contributed by atoms with E-state index >= 15 is 0 Å². The van der Waals surface area contributed by atoms with Crippen LogP contribution in [0.15, 0.2) is 113 Å². The van der Waals surface area contributed by atoms with E-state index in [0.29, 0.717) is 5.02 Å². The Morgan fingerprint density at radius 3 is 1.92 bits per heavy atom. The zero-order chi connectivity index (χ0) is 27.3. The van der Waals surface area contributed by atoms with Crippen molar-refractivity contribution in [1.29, 1.82) is 0 Å². The maximum atomic E-state index is 13.3. The first kappa shape index (κ1) is 27.1. The summed E-state index contributed by atoms with van der Waals surface area (Å²) < 4.78 is 68.3. The van der Waals surface area contributed by atoms with Gasteiger partial charge < -0.3 is 5.32 Å². The van der Waals surface area contributed by atoms with Crippen LogP contribution in [0.3, 0.4) is 0 Å². The molecule has 12 heteroatoms. The van der Waals surface area contributed by atoms with Gasteiger partial charge in [-0.15, -0.1) is 0 Å². The number of sulfonamides is 2. The highest BCUT2D eigenvalue weighted by molar-refractivity contribution is 7.93. The summed E-state index contributed by atoms with van der Waals surface area (Å²) in [5.74, 6) is -1.15. The molecular weight excluding hydrogens is 553 g/mol. The van der Waals surface area contributed by atoms with E-state index in [-0.39, 0.29) is 26.9 Å². The minimum absolute atomic E-state index is 0.00552. The van der Waals surface area contributed by atoms with Crippen LogP contribution in [0.25, 0.3) is 0 Å². The van der Waals surface area contributed by atoms with E-state index < -0.39 is 38.3 Å². The number of rotatable bonds is 9. The zero-order valence-corrected chi connectivity index (χ0v) is 22.0. The van der Waals surface area contributed by atoms with Gasteiger partial charge in [-0.3, -0.25) is 13.8 Å². The highest BCUT2D eigenvalue weighted by Gasteiger charge is 2.27. The highest BCUT2D eigenvalue weighted by atomic mass is 35.5. The van der Waals surface area contributed by atoms with Crippen LogP contribution in [-0.2, 0) is 24.8 Å². The van der Waals surface area contributed by atoms with Crippen LogP contribution >= 0.6 is 11.6 Å². The molecule has 1 amide bonds. The number of carbonyl (C=O) groups excluding carboxylic acids is 1. The van der Waals surface area contributed by atoms with Crippen molar-refractivity contribution in [2.24, 2.45) is 0 Å². The predicted molar refractivity (Wildman–Crippen MR) is 145 cm³/mol. The number of nitrogens with zero attached hydrogens (tertiary/aromatic N) is 1. The number of hydrogen-bond acceptors (Lipinski definition) is 5. The predicted octanol–water partition coefficient (Wildman–Crippen LogP) is 5.11. The molecule has 0 saturated carbocycles. The molecule has 0 fully saturated rings. The maximum Gasteiger partial charge on any atom is 0.264 e. The van der Waals surface area contributed by atoms with Crippen LogP contribution < -0.4 is 14.3 Å². The zero-order valence-electron chi connectivity index (χ0n) is 19.6. The second-order valence-electron chi connectivity index (χ2n) is 7.99. The number of anilines is 3. The van der Waals surface area contributed by atoms with Gasteiger partial charge in [0.25, 0.3) is 20.0 Å². The largest absolute Gasteiger partial charge is 0.325 e. The first-order chi connectivity index (χ1) is 18.0. The summed E-state index contributed by atoms with van der Waals surface area (Å²) in [4.78, 5) is 12.8. The van der Waals surface area contributed by atoms with Gasteiger partial charge in [0.1, 0.15) is 12.4 Å². The monoisotopic (exact) mass is 573 g/mol. The van der Waals surface area contributed by atoms with Crippen LogP contribution in [0, 0.1) is 5.82 Å². The quantitative estimate of drug-likeness (QED) is 0.289. The maximum absolute atomic E-state index is 13.3. The molecule has 2 N–H and O–H groups in total. The second-order valence-corrected chi connectivity index (χ2v) is 12.0. The van der Waals surface area contributed by atoms with Gasteiger partial charge in [-0.2, -0.15) is 0 Å². The van der Waals surface area contributed by atoms with Crippen molar-refractivity contribution in [3.8, 4) is 0 Å². The molecule has 0 spiro atoms. The summed E-state index contributed by atoms with van der Waals surface area (Å²) in [6, 6.07) is 23.8. The van der Waals surface area contributed by atoms with Gasteiger partial charge >= 0.3 is 0 Å². The molecule has 0 bridgehead atoms. The standard InChI is InChI=1S/C26H21ClFN3O5S2/c27-19-6-14-23(15-7-19)31(38(35,36)25-4-2-1-3-5-25)18-26(32)29-21-12-16-24(17-13-21)37(33,34)30-22-10-8-20(28)9-11-22/h1-17,30H,18H2,(H,29,32). The van der Waals surface area contributed by atoms with Gasteiger partial charge in [0.15, 0.2) is 0 Å². The lowest BCUT2D eigenvalue weighted by atomic mass is 10.3. The molecule has 0 saturated heterocycles. The minimum Gasteiger partial charge on any atom is -0.325 e. The lowest BCUT2D eigenvalue weighted by molar-refractivity contribution is -0.114. The number of benzene rings is 4. The fraction of sp³-hybridized carbons (Fsp3) is 0.0385. The third-order valence-electron chi connectivity index (χ3n) is 5.28. The fourth-order valence-electron chi connectivity index (χ4n) is 3.42. The molecule has 0 radical (unpaired) electrons. The lowest BCUT2D eigenvalue weighted by Crippen LogP contribution is -2.38. The molecule has 4 aromatic rings. The van der Waals surface area contributed by atoms with Crippen molar-refractivity contribution < 1.29 is 26.0 Å².